The third kappa shape index (κ3) is 2.51. The lowest BCUT2D eigenvalue weighted by molar-refractivity contribution is -0.170. The predicted molar refractivity (Wildman–Crippen MR) is 62.8 cm³/mol. The highest BCUT2D eigenvalue weighted by molar-refractivity contribution is 6.31. The van der Waals surface area contributed by atoms with Gasteiger partial charge in [-0.3, -0.25) is 4.79 Å². The van der Waals surface area contributed by atoms with Gasteiger partial charge < -0.3 is 10.1 Å². The molecule has 1 heterocycles. The highest BCUT2D eigenvalue weighted by atomic mass is 35.5. The van der Waals surface area contributed by atoms with E-state index in [9.17, 15) is 18.0 Å². The van der Waals surface area contributed by atoms with Crippen LogP contribution in [0.25, 0.3) is 0 Å². The van der Waals surface area contributed by atoms with Crippen LogP contribution >= 0.6 is 11.6 Å². The van der Waals surface area contributed by atoms with Gasteiger partial charge >= 0.3 is 12.1 Å². The van der Waals surface area contributed by atoms with Crippen LogP contribution in [0.15, 0.2) is 23.4 Å². The number of hydrogen-bond donors (Lipinski definition) is 1. The molecule has 0 saturated carbocycles. The van der Waals surface area contributed by atoms with E-state index in [1.54, 1.807) is 0 Å². The molecule has 8 heteroatoms. The van der Waals surface area contributed by atoms with E-state index < -0.39 is 12.1 Å². The zero-order chi connectivity index (χ0) is 14.2. The molecule has 1 N–H and O–H groups in total. The maximum atomic E-state index is 12.5. The normalized spacial score (nSPS) is 17.5. The van der Waals surface area contributed by atoms with E-state index in [4.69, 9.17) is 16.8 Å². The van der Waals surface area contributed by atoms with Crippen molar-refractivity contribution in [2.75, 3.05) is 11.4 Å². The molecular formula is C11H8ClF3N2O2. The second-order valence-corrected chi connectivity index (χ2v) is 4.35. The van der Waals surface area contributed by atoms with Crippen LogP contribution in [-0.2, 0) is 4.79 Å². The van der Waals surface area contributed by atoms with Gasteiger partial charge in [-0.15, -0.1) is 0 Å². The zero-order valence-corrected chi connectivity index (χ0v) is 10.2. The van der Waals surface area contributed by atoms with Crippen molar-refractivity contribution in [3.05, 3.63) is 28.8 Å². The molecule has 1 amide bonds. The van der Waals surface area contributed by atoms with Crippen LogP contribution in [0.2, 0.25) is 5.02 Å². The number of halogens is 4. The molecule has 0 aromatic heterocycles. The summed E-state index contributed by atoms with van der Waals surface area (Å²) in [5, 5.41) is 12.1. The number of rotatable bonds is 0. The topological polar surface area (TPSA) is 52.9 Å². The van der Waals surface area contributed by atoms with Gasteiger partial charge in [-0.25, -0.2) is 0 Å². The Kier molecular flexibility index (Phi) is 3.40. The lowest BCUT2D eigenvalue weighted by atomic mass is 9.99. The van der Waals surface area contributed by atoms with Crippen LogP contribution < -0.4 is 4.90 Å². The molecule has 1 aliphatic rings. The van der Waals surface area contributed by atoms with Crippen LogP contribution in [0.4, 0.5) is 18.9 Å². The molecular weight excluding hydrogens is 285 g/mol. The average Bonchev–Trinajstić information content (AvgIpc) is 2.35. The Morgan fingerprint density at radius 3 is 2.68 bits per heavy atom. The molecule has 0 unspecified atom stereocenters. The highest BCUT2D eigenvalue weighted by Gasteiger charge is 2.44. The molecule has 2 rings (SSSR count). The van der Waals surface area contributed by atoms with Crippen molar-refractivity contribution in [3.8, 4) is 0 Å². The SMILES string of the molecule is O=C(N1CC/C(=N/O)c2cc(Cl)ccc21)C(F)(F)F. The lowest BCUT2D eigenvalue weighted by Gasteiger charge is -2.30. The van der Waals surface area contributed by atoms with Gasteiger partial charge in [0.1, 0.15) is 0 Å². The first-order chi connectivity index (χ1) is 8.84. The summed E-state index contributed by atoms with van der Waals surface area (Å²) in [6.45, 7) is -0.202. The number of benzene rings is 1. The Morgan fingerprint density at radius 2 is 2.11 bits per heavy atom. The Bertz CT molecular complexity index is 557. The largest absolute Gasteiger partial charge is 0.471 e. The molecule has 1 aromatic carbocycles. The average molecular weight is 293 g/mol. The van der Waals surface area contributed by atoms with E-state index in [0.29, 0.717) is 4.90 Å². The molecule has 4 nitrogen and oxygen atoms in total. The van der Waals surface area contributed by atoms with E-state index in [0.717, 1.165) is 0 Å². The molecule has 1 aromatic rings. The number of oxime groups is 1. The van der Waals surface area contributed by atoms with Crippen molar-refractivity contribution >= 4 is 28.9 Å². The Labute approximate surface area is 111 Å². The lowest BCUT2D eigenvalue weighted by Crippen LogP contribution is -2.45. The first kappa shape index (κ1) is 13.7. The maximum absolute atomic E-state index is 12.5. The van der Waals surface area contributed by atoms with Gasteiger partial charge in [0.2, 0.25) is 0 Å². The molecule has 0 radical (unpaired) electrons. The van der Waals surface area contributed by atoms with Gasteiger partial charge in [-0.05, 0) is 18.2 Å². The van der Waals surface area contributed by atoms with Gasteiger partial charge in [0.25, 0.3) is 0 Å². The number of fused-ring (bicyclic) bond motifs is 1. The summed E-state index contributed by atoms with van der Waals surface area (Å²) < 4.78 is 37.5. The summed E-state index contributed by atoms with van der Waals surface area (Å²) >= 11 is 5.75. The fraction of sp³-hybridized carbons (Fsp3) is 0.273. The molecule has 0 fully saturated rings. The summed E-state index contributed by atoms with van der Waals surface area (Å²) in [6.07, 6.45) is -4.93. The van der Waals surface area contributed by atoms with Crippen molar-refractivity contribution in [3.63, 3.8) is 0 Å². The maximum Gasteiger partial charge on any atom is 0.471 e. The van der Waals surface area contributed by atoms with Crippen LogP contribution in [-0.4, -0.2) is 29.5 Å². The molecule has 0 bridgehead atoms. The molecule has 0 spiro atoms. The monoisotopic (exact) mass is 292 g/mol. The van der Waals surface area contributed by atoms with Gasteiger partial charge in [-0.2, -0.15) is 13.2 Å². The van der Waals surface area contributed by atoms with Crippen molar-refractivity contribution in [1.82, 2.24) is 0 Å². The Hall–Kier alpha value is -1.76. The summed E-state index contributed by atoms with van der Waals surface area (Å²) in [5.74, 6) is -1.95. The Balaban J connectivity index is 2.51. The minimum Gasteiger partial charge on any atom is -0.411 e. The number of nitrogens with zero attached hydrogens (tertiary/aromatic N) is 2. The van der Waals surface area contributed by atoms with E-state index >= 15 is 0 Å². The standard InChI is InChI=1S/C11H8ClF3N2O2/c12-6-1-2-9-7(5-6)8(16-19)3-4-17(9)10(18)11(13,14)15/h1-2,5,19H,3-4H2/b16-8-. The molecule has 0 atom stereocenters. The number of hydrogen-bond acceptors (Lipinski definition) is 3. The number of anilines is 1. The van der Waals surface area contributed by atoms with E-state index in [1.165, 1.54) is 18.2 Å². The van der Waals surface area contributed by atoms with Crippen molar-refractivity contribution in [2.24, 2.45) is 5.16 Å². The highest BCUT2D eigenvalue weighted by Crippen LogP contribution is 2.32. The predicted octanol–water partition coefficient (Wildman–Crippen LogP) is 2.82. The van der Waals surface area contributed by atoms with Gasteiger partial charge in [-0.1, -0.05) is 16.8 Å². The van der Waals surface area contributed by atoms with Crippen LogP contribution in [0, 0.1) is 0 Å². The summed E-state index contributed by atoms with van der Waals surface area (Å²) in [7, 11) is 0. The molecule has 0 aliphatic carbocycles. The number of alkyl halides is 3. The van der Waals surface area contributed by atoms with Crippen molar-refractivity contribution < 1.29 is 23.2 Å². The smallest absolute Gasteiger partial charge is 0.411 e. The first-order valence-electron chi connectivity index (χ1n) is 5.24. The number of amides is 1. The van der Waals surface area contributed by atoms with Gasteiger partial charge in [0.05, 0.1) is 11.4 Å². The second-order valence-electron chi connectivity index (χ2n) is 3.91. The minimum atomic E-state index is -4.95. The van der Waals surface area contributed by atoms with E-state index in [2.05, 4.69) is 5.16 Å². The number of carbonyl (C=O) groups excluding carboxylic acids is 1. The Morgan fingerprint density at radius 1 is 1.42 bits per heavy atom. The molecule has 102 valence electrons. The summed E-state index contributed by atoms with van der Waals surface area (Å²) in [4.78, 5) is 11.9. The third-order valence-electron chi connectivity index (χ3n) is 2.74. The fourth-order valence-corrected chi connectivity index (χ4v) is 2.09. The second kappa shape index (κ2) is 4.73. The number of carbonyl (C=O) groups is 1. The van der Waals surface area contributed by atoms with Crippen LogP contribution in [0.5, 0.6) is 0 Å². The van der Waals surface area contributed by atoms with E-state index in [1.807, 2.05) is 0 Å². The minimum absolute atomic E-state index is 0.0195. The van der Waals surface area contributed by atoms with Gasteiger partial charge in [0.15, 0.2) is 0 Å². The molecule has 19 heavy (non-hydrogen) atoms. The quantitative estimate of drug-likeness (QED) is 0.590. The van der Waals surface area contributed by atoms with Crippen molar-refractivity contribution in [2.45, 2.75) is 12.6 Å². The molecule has 1 aliphatic heterocycles. The van der Waals surface area contributed by atoms with E-state index in [-0.39, 0.29) is 35.0 Å². The summed E-state index contributed by atoms with van der Waals surface area (Å²) in [6, 6.07) is 4.03. The zero-order valence-electron chi connectivity index (χ0n) is 9.41. The van der Waals surface area contributed by atoms with Crippen LogP contribution in [0.1, 0.15) is 12.0 Å². The van der Waals surface area contributed by atoms with Crippen LogP contribution in [0.3, 0.4) is 0 Å². The fourth-order valence-electron chi connectivity index (χ4n) is 1.92. The molecule has 0 saturated heterocycles. The van der Waals surface area contributed by atoms with Crippen molar-refractivity contribution in [1.29, 1.82) is 0 Å². The summed E-state index contributed by atoms with van der Waals surface area (Å²) in [5.41, 5.74) is 0.452. The third-order valence-corrected chi connectivity index (χ3v) is 2.98. The van der Waals surface area contributed by atoms with Gasteiger partial charge in [0, 0.05) is 23.6 Å². The first-order valence-corrected chi connectivity index (χ1v) is 5.62.